The Morgan fingerprint density at radius 2 is 1.89 bits per heavy atom. The van der Waals surface area contributed by atoms with Gasteiger partial charge < -0.3 is 9.47 Å². The fourth-order valence-electron chi connectivity index (χ4n) is 1.55. The molecule has 0 aliphatic rings. The molecule has 94 valence electrons. The van der Waals surface area contributed by atoms with Crippen molar-refractivity contribution in [3.05, 3.63) is 33.9 Å². The van der Waals surface area contributed by atoms with Gasteiger partial charge in [0, 0.05) is 11.5 Å². The Hall–Kier alpha value is -1.52. The highest BCUT2D eigenvalue weighted by Gasteiger charge is 2.13. The first-order chi connectivity index (χ1) is 8.56. The Bertz CT molecular complexity index is 628. The summed E-state index contributed by atoms with van der Waals surface area (Å²) in [5.74, 6) is -0.0811. The summed E-state index contributed by atoms with van der Waals surface area (Å²) >= 11 is 12.1. The van der Waals surface area contributed by atoms with Gasteiger partial charge in [0.1, 0.15) is 5.75 Å². The van der Waals surface area contributed by atoms with E-state index in [1.807, 2.05) is 0 Å². The van der Waals surface area contributed by atoms with Crippen molar-refractivity contribution in [2.75, 3.05) is 14.2 Å². The molecule has 0 spiro atoms. The Labute approximate surface area is 113 Å². The molecule has 18 heavy (non-hydrogen) atoms. The number of esters is 1. The number of pyridine rings is 1. The van der Waals surface area contributed by atoms with Gasteiger partial charge in [-0.25, -0.2) is 9.78 Å². The number of hydrogen-bond donors (Lipinski definition) is 0. The minimum Gasteiger partial charge on any atom is -0.495 e. The van der Waals surface area contributed by atoms with Gasteiger partial charge in [-0.05, 0) is 12.1 Å². The van der Waals surface area contributed by atoms with Crippen LogP contribution >= 0.6 is 23.2 Å². The molecule has 0 radical (unpaired) electrons. The predicted molar refractivity (Wildman–Crippen MR) is 69.7 cm³/mol. The van der Waals surface area contributed by atoms with Crippen molar-refractivity contribution in [2.45, 2.75) is 0 Å². The van der Waals surface area contributed by atoms with E-state index in [1.54, 1.807) is 12.1 Å². The summed E-state index contributed by atoms with van der Waals surface area (Å²) in [4.78, 5) is 15.6. The molecule has 0 amide bonds. The molecule has 0 saturated heterocycles. The van der Waals surface area contributed by atoms with Crippen LogP contribution in [0.2, 0.25) is 10.0 Å². The van der Waals surface area contributed by atoms with Gasteiger partial charge in [0.25, 0.3) is 0 Å². The number of methoxy groups -OCH3 is 2. The van der Waals surface area contributed by atoms with E-state index in [-0.39, 0.29) is 5.69 Å². The van der Waals surface area contributed by atoms with E-state index in [0.717, 1.165) is 0 Å². The molecule has 0 aliphatic carbocycles. The first-order valence-electron chi connectivity index (χ1n) is 4.99. The molecule has 0 bridgehead atoms. The van der Waals surface area contributed by atoms with Crippen LogP contribution in [0.4, 0.5) is 0 Å². The number of carbonyl (C=O) groups is 1. The summed E-state index contributed by atoms with van der Waals surface area (Å²) in [6, 6.07) is 4.71. The molecule has 0 N–H and O–H groups in total. The monoisotopic (exact) mass is 285 g/mol. The van der Waals surface area contributed by atoms with Gasteiger partial charge in [0.2, 0.25) is 0 Å². The third kappa shape index (κ3) is 2.21. The lowest BCUT2D eigenvalue weighted by Gasteiger charge is -2.07. The van der Waals surface area contributed by atoms with Crippen molar-refractivity contribution < 1.29 is 14.3 Å². The summed E-state index contributed by atoms with van der Waals surface area (Å²) in [7, 11) is 2.78. The van der Waals surface area contributed by atoms with Gasteiger partial charge in [-0.1, -0.05) is 23.2 Å². The maximum atomic E-state index is 11.4. The first-order valence-corrected chi connectivity index (χ1v) is 5.74. The number of carbonyl (C=O) groups excluding carboxylic acids is 1. The number of hydrogen-bond acceptors (Lipinski definition) is 4. The maximum Gasteiger partial charge on any atom is 0.356 e. The lowest BCUT2D eigenvalue weighted by Crippen LogP contribution is -2.04. The number of ether oxygens (including phenoxy) is 2. The largest absolute Gasteiger partial charge is 0.495 e. The molecule has 0 atom stereocenters. The van der Waals surface area contributed by atoms with Crippen LogP contribution in [-0.2, 0) is 4.74 Å². The molecule has 0 aliphatic heterocycles. The van der Waals surface area contributed by atoms with E-state index in [1.165, 1.54) is 20.3 Å². The van der Waals surface area contributed by atoms with Crippen molar-refractivity contribution in [2.24, 2.45) is 0 Å². The fraction of sp³-hybridized carbons (Fsp3) is 0.167. The lowest BCUT2D eigenvalue weighted by molar-refractivity contribution is 0.0594. The maximum absolute atomic E-state index is 11.4. The van der Waals surface area contributed by atoms with Crippen LogP contribution in [0.3, 0.4) is 0 Å². The summed E-state index contributed by atoms with van der Waals surface area (Å²) in [5.41, 5.74) is 0.656. The standard InChI is InChI=1S/C12H9Cl2NO3/c1-17-11-5-9-6(3-8(11)14)7(13)4-10(15-9)12(16)18-2/h3-5H,1-2H3. The molecule has 0 unspecified atom stereocenters. The fourth-order valence-corrected chi connectivity index (χ4v) is 2.05. The highest BCUT2D eigenvalue weighted by atomic mass is 35.5. The number of nitrogens with zero attached hydrogens (tertiary/aromatic N) is 1. The topological polar surface area (TPSA) is 48.4 Å². The highest BCUT2D eigenvalue weighted by Crippen LogP contribution is 2.32. The molecular formula is C12H9Cl2NO3. The molecule has 1 heterocycles. The second-order valence-corrected chi connectivity index (χ2v) is 4.30. The quantitative estimate of drug-likeness (QED) is 0.794. The highest BCUT2D eigenvalue weighted by molar-refractivity contribution is 6.37. The van der Waals surface area contributed by atoms with E-state index in [9.17, 15) is 4.79 Å². The van der Waals surface area contributed by atoms with Crippen molar-refractivity contribution in [3.63, 3.8) is 0 Å². The van der Waals surface area contributed by atoms with Gasteiger partial charge in [-0.2, -0.15) is 0 Å². The first kappa shape index (κ1) is 12.9. The van der Waals surface area contributed by atoms with E-state index in [4.69, 9.17) is 27.9 Å². The molecule has 1 aromatic heterocycles. The van der Waals surface area contributed by atoms with Crippen LogP contribution in [0, 0.1) is 0 Å². The average Bonchev–Trinajstić information content (AvgIpc) is 2.37. The number of halogens is 2. The van der Waals surface area contributed by atoms with Gasteiger partial charge in [0.15, 0.2) is 5.69 Å². The third-order valence-corrected chi connectivity index (χ3v) is 3.03. The van der Waals surface area contributed by atoms with Crippen molar-refractivity contribution >= 4 is 40.1 Å². The van der Waals surface area contributed by atoms with Crippen LogP contribution in [0.5, 0.6) is 5.75 Å². The molecule has 2 rings (SSSR count). The normalized spacial score (nSPS) is 10.4. The summed E-state index contributed by atoms with van der Waals surface area (Å²) in [5, 5.41) is 1.46. The Morgan fingerprint density at radius 3 is 2.50 bits per heavy atom. The Balaban J connectivity index is 2.71. The van der Waals surface area contributed by atoms with Gasteiger partial charge in [0.05, 0.1) is 29.8 Å². The van der Waals surface area contributed by atoms with Crippen molar-refractivity contribution in [1.29, 1.82) is 0 Å². The molecule has 2 aromatic rings. The molecule has 0 saturated carbocycles. The van der Waals surface area contributed by atoms with E-state index >= 15 is 0 Å². The van der Waals surface area contributed by atoms with Gasteiger partial charge >= 0.3 is 5.97 Å². The van der Waals surface area contributed by atoms with Gasteiger partial charge in [-0.3, -0.25) is 0 Å². The lowest BCUT2D eigenvalue weighted by atomic mass is 10.2. The smallest absolute Gasteiger partial charge is 0.356 e. The van der Waals surface area contributed by atoms with E-state index < -0.39 is 5.97 Å². The third-order valence-electron chi connectivity index (χ3n) is 2.43. The molecule has 0 fully saturated rings. The minimum absolute atomic E-state index is 0.138. The molecule has 4 nitrogen and oxygen atoms in total. The zero-order chi connectivity index (χ0) is 13.3. The number of rotatable bonds is 2. The number of aromatic nitrogens is 1. The van der Waals surface area contributed by atoms with Crippen LogP contribution in [0.25, 0.3) is 10.9 Å². The average molecular weight is 286 g/mol. The number of fused-ring (bicyclic) bond motifs is 1. The Kier molecular flexibility index (Phi) is 3.59. The second kappa shape index (κ2) is 5.00. The second-order valence-electron chi connectivity index (χ2n) is 3.48. The zero-order valence-electron chi connectivity index (χ0n) is 9.66. The number of benzene rings is 1. The predicted octanol–water partition coefficient (Wildman–Crippen LogP) is 3.34. The van der Waals surface area contributed by atoms with Gasteiger partial charge in [-0.15, -0.1) is 0 Å². The van der Waals surface area contributed by atoms with E-state index in [2.05, 4.69) is 9.72 Å². The van der Waals surface area contributed by atoms with Crippen LogP contribution in [0.15, 0.2) is 18.2 Å². The van der Waals surface area contributed by atoms with Crippen LogP contribution < -0.4 is 4.74 Å². The molecule has 1 aromatic carbocycles. The van der Waals surface area contributed by atoms with Crippen molar-refractivity contribution in [1.82, 2.24) is 4.98 Å². The minimum atomic E-state index is -0.548. The van der Waals surface area contributed by atoms with Crippen LogP contribution in [-0.4, -0.2) is 25.2 Å². The van der Waals surface area contributed by atoms with Crippen molar-refractivity contribution in [3.8, 4) is 5.75 Å². The Morgan fingerprint density at radius 1 is 1.17 bits per heavy atom. The zero-order valence-corrected chi connectivity index (χ0v) is 11.2. The summed E-state index contributed by atoms with van der Waals surface area (Å²) < 4.78 is 9.69. The summed E-state index contributed by atoms with van der Waals surface area (Å²) in [6.07, 6.45) is 0. The molecular weight excluding hydrogens is 277 g/mol. The summed E-state index contributed by atoms with van der Waals surface area (Å²) in [6.45, 7) is 0. The molecule has 6 heteroatoms. The SMILES string of the molecule is COC(=O)c1cc(Cl)c2cc(Cl)c(OC)cc2n1. The van der Waals surface area contributed by atoms with Crippen LogP contribution in [0.1, 0.15) is 10.5 Å². The van der Waals surface area contributed by atoms with E-state index in [0.29, 0.717) is 26.7 Å².